The maximum absolute atomic E-state index is 11.8. The molecular formula is C10H19F3N2O. The number of nitrogens with one attached hydrogen (secondary N) is 1. The van der Waals surface area contributed by atoms with Crippen LogP contribution in [-0.2, 0) is 4.74 Å². The largest absolute Gasteiger partial charge is 0.522 e. The van der Waals surface area contributed by atoms with Crippen LogP contribution in [0.5, 0.6) is 0 Å². The molecule has 1 aliphatic heterocycles. The Bertz CT molecular complexity index is 199. The van der Waals surface area contributed by atoms with Gasteiger partial charge in [0, 0.05) is 19.1 Å². The SMILES string of the molecule is CCC1CN(CCOC(F)(F)F)CCCN1. The van der Waals surface area contributed by atoms with Crippen LogP contribution in [-0.4, -0.2) is 50.1 Å². The normalized spacial score (nSPS) is 24.4. The van der Waals surface area contributed by atoms with Gasteiger partial charge in [-0.25, -0.2) is 0 Å². The van der Waals surface area contributed by atoms with Gasteiger partial charge in [-0.3, -0.25) is 9.64 Å². The number of alkyl halides is 3. The van der Waals surface area contributed by atoms with Gasteiger partial charge in [-0.1, -0.05) is 6.92 Å². The Morgan fingerprint density at radius 2 is 2.19 bits per heavy atom. The number of ether oxygens (including phenoxy) is 1. The molecule has 0 aromatic rings. The summed E-state index contributed by atoms with van der Waals surface area (Å²) in [5.74, 6) is 0. The third-order valence-electron chi connectivity index (χ3n) is 2.73. The Morgan fingerprint density at radius 1 is 1.44 bits per heavy atom. The van der Waals surface area contributed by atoms with E-state index < -0.39 is 6.36 Å². The van der Waals surface area contributed by atoms with E-state index in [2.05, 4.69) is 17.0 Å². The van der Waals surface area contributed by atoms with Gasteiger partial charge < -0.3 is 5.32 Å². The zero-order valence-electron chi connectivity index (χ0n) is 9.52. The fourth-order valence-electron chi connectivity index (χ4n) is 1.84. The van der Waals surface area contributed by atoms with Crippen molar-refractivity contribution in [2.45, 2.75) is 32.2 Å². The highest BCUT2D eigenvalue weighted by Crippen LogP contribution is 2.15. The van der Waals surface area contributed by atoms with Crippen LogP contribution in [0.1, 0.15) is 19.8 Å². The average molecular weight is 240 g/mol. The number of hydrogen-bond donors (Lipinski definition) is 1. The molecule has 1 rings (SSSR count). The summed E-state index contributed by atoms with van der Waals surface area (Å²) < 4.78 is 39.1. The summed E-state index contributed by atoms with van der Waals surface area (Å²) in [6.07, 6.45) is -2.53. The van der Waals surface area contributed by atoms with Crippen LogP contribution in [0.15, 0.2) is 0 Å². The van der Waals surface area contributed by atoms with Gasteiger partial charge in [-0.15, -0.1) is 13.2 Å². The fourth-order valence-corrected chi connectivity index (χ4v) is 1.84. The van der Waals surface area contributed by atoms with Crippen LogP contribution in [0.3, 0.4) is 0 Å². The highest BCUT2D eigenvalue weighted by molar-refractivity contribution is 4.75. The monoisotopic (exact) mass is 240 g/mol. The minimum atomic E-state index is -4.51. The van der Waals surface area contributed by atoms with E-state index in [1.54, 1.807) is 0 Å². The molecule has 96 valence electrons. The van der Waals surface area contributed by atoms with Crippen molar-refractivity contribution in [1.82, 2.24) is 10.2 Å². The van der Waals surface area contributed by atoms with E-state index in [0.29, 0.717) is 12.6 Å². The Kier molecular flexibility index (Phi) is 5.51. The summed E-state index contributed by atoms with van der Waals surface area (Å²) in [4.78, 5) is 2.03. The first-order chi connectivity index (χ1) is 7.51. The lowest BCUT2D eigenvalue weighted by atomic mass is 10.2. The van der Waals surface area contributed by atoms with Crippen LogP contribution >= 0.6 is 0 Å². The predicted octanol–water partition coefficient (Wildman–Crippen LogP) is 1.60. The minimum absolute atomic E-state index is 0.278. The second kappa shape index (κ2) is 6.42. The van der Waals surface area contributed by atoms with Gasteiger partial charge in [0.15, 0.2) is 0 Å². The van der Waals surface area contributed by atoms with E-state index in [1.165, 1.54) is 0 Å². The van der Waals surface area contributed by atoms with E-state index in [0.717, 1.165) is 32.5 Å². The molecule has 3 nitrogen and oxygen atoms in total. The van der Waals surface area contributed by atoms with E-state index in [9.17, 15) is 13.2 Å². The zero-order chi connectivity index (χ0) is 12.0. The number of hydrogen-bond acceptors (Lipinski definition) is 3. The molecule has 1 heterocycles. The molecule has 0 amide bonds. The Balaban J connectivity index is 2.24. The maximum atomic E-state index is 11.8. The molecule has 0 radical (unpaired) electrons. The second-order valence-electron chi connectivity index (χ2n) is 4.01. The standard InChI is InChI=1S/C10H19F3N2O/c1-2-9-8-15(5-3-4-14-9)6-7-16-10(11,12)13/h9,14H,2-8H2,1H3. The van der Waals surface area contributed by atoms with Crippen molar-refractivity contribution in [2.24, 2.45) is 0 Å². The van der Waals surface area contributed by atoms with E-state index in [-0.39, 0.29) is 6.61 Å². The first-order valence-corrected chi connectivity index (χ1v) is 5.67. The molecule has 1 saturated heterocycles. The lowest BCUT2D eigenvalue weighted by Crippen LogP contribution is -2.38. The van der Waals surface area contributed by atoms with Crippen molar-refractivity contribution in [3.05, 3.63) is 0 Å². The smallest absolute Gasteiger partial charge is 0.313 e. The third kappa shape index (κ3) is 5.67. The molecule has 1 aliphatic rings. The van der Waals surface area contributed by atoms with Crippen LogP contribution in [0, 0.1) is 0 Å². The molecule has 16 heavy (non-hydrogen) atoms. The van der Waals surface area contributed by atoms with Gasteiger partial charge in [0.05, 0.1) is 6.61 Å². The molecule has 0 bridgehead atoms. The van der Waals surface area contributed by atoms with E-state index >= 15 is 0 Å². The lowest BCUT2D eigenvalue weighted by Gasteiger charge is -2.23. The quantitative estimate of drug-likeness (QED) is 0.807. The second-order valence-corrected chi connectivity index (χ2v) is 4.01. The van der Waals surface area contributed by atoms with Crippen LogP contribution in [0.25, 0.3) is 0 Å². The van der Waals surface area contributed by atoms with Gasteiger partial charge in [-0.05, 0) is 25.9 Å². The fraction of sp³-hybridized carbons (Fsp3) is 1.00. The molecular weight excluding hydrogens is 221 g/mol. The number of nitrogens with zero attached hydrogens (tertiary/aromatic N) is 1. The van der Waals surface area contributed by atoms with Crippen LogP contribution in [0.2, 0.25) is 0 Å². The first kappa shape index (κ1) is 13.7. The molecule has 0 spiro atoms. The van der Waals surface area contributed by atoms with Crippen LogP contribution < -0.4 is 5.32 Å². The number of rotatable bonds is 4. The zero-order valence-corrected chi connectivity index (χ0v) is 9.52. The van der Waals surface area contributed by atoms with Crippen molar-refractivity contribution in [3.63, 3.8) is 0 Å². The molecule has 1 fully saturated rings. The predicted molar refractivity (Wildman–Crippen MR) is 55.1 cm³/mol. The summed E-state index contributed by atoms with van der Waals surface area (Å²) in [5, 5.41) is 3.36. The summed E-state index contributed by atoms with van der Waals surface area (Å²) in [6, 6.07) is 0.383. The highest BCUT2D eigenvalue weighted by atomic mass is 19.4. The molecule has 0 aromatic heterocycles. The average Bonchev–Trinajstić information content (AvgIpc) is 2.41. The van der Waals surface area contributed by atoms with Crippen LogP contribution in [0.4, 0.5) is 13.2 Å². The maximum Gasteiger partial charge on any atom is 0.522 e. The van der Waals surface area contributed by atoms with Crippen molar-refractivity contribution in [3.8, 4) is 0 Å². The molecule has 6 heteroatoms. The van der Waals surface area contributed by atoms with Gasteiger partial charge >= 0.3 is 6.36 Å². The molecule has 1 atom stereocenters. The molecule has 1 unspecified atom stereocenters. The van der Waals surface area contributed by atoms with Gasteiger partial charge in [0.2, 0.25) is 0 Å². The molecule has 0 aliphatic carbocycles. The lowest BCUT2D eigenvalue weighted by molar-refractivity contribution is -0.325. The van der Waals surface area contributed by atoms with Gasteiger partial charge in [0.1, 0.15) is 0 Å². The van der Waals surface area contributed by atoms with E-state index in [1.807, 2.05) is 4.90 Å². The summed E-state index contributed by atoms with van der Waals surface area (Å²) >= 11 is 0. The number of halogens is 3. The first-order valence-electron chi connectivity index (χ1n) is 5.67. The Hall–Kier alpha value is -0.330. The summed E-state index contributed by atoms with van der Waals surface area (Å²) in [6.45, 7) is 4.72. The van der Waals surface area contributed by atoms with Gasteiger partial charge in [-0.2, -0.15) is 0 Å². The summed E-state index contributed by atoms with van der Waals surface area (Å²) in [7, 11) is 0. The molecule has 0 aromatic carbocycles. The highest BCUT2D eigenvalue weighted by Gasteiger charge is 2.29. The van der Waals surface area contributed by atoms with Crippen molar-refractivity contribution in [1.29, 1.82) is 0 Å². The molecule has 0 saturated carbocycles. The Labute approximate surface area is 93.9 Å². The summed E-state index contributed by atoms with van der Waals surface area (Å²) in [5.41, 5.74) is 0. The van der Waals surface area contributed by atoms with Crippen molar-refractivity contribution >= 4 is 0 Å². The minimum Gasteiger partial charge on any atom is -0.313 e. The topological polar surface area (TPSA) is 24.5 Å². The van der Waals surface area contributed by atoms with Crippen molar-refractivity contribution < 1.29 is 17.9 Å². The molecule has 1 N–H and O–H groups in total. The van der Waals surface area contributed by atoms with E-state index in [4.69, 9.17) is 0 Å². The van der Waals surface area contributed by atoms with Crippen molar-refractivity contribution in [2.75, 3.05) is 32.8 Å². The van der Waals surface area contributed by atoms with Gasteiger partial charge in [0.25, 0.3) is 0 Å². The third-order valence-corrected chi connectivity index (χ3v) is 2.73. The Morgan fingerprint density at radius 3 is 2.81 bits per heavy atom.